The summed E-state index contributed by atoms with van der Waals surface area (Å²) in [5.41, 5.74) is 7.02. The maximum Gasteiger partial charge on any atom is 0.151 e. The first-order chi connectivity index (χ1) is 7.74. The lowest BCUT2D eigenvalue weighted by Crippen LogP contribution is -2.19. The summed E-state index contributed by atoms with van der Waals surface area (Å²) < 4.78 is 2.72. The van der Waals surface area contributed by atoms with Gasteiger partial charge in [-0.2, -0.15) is 5.10 Å². The van der Waals surface area contributed by atoms with E-state index in [1.165, 1.54) is 0 Å². The van der Waals surface area contributed by atoms with Crippen molar-refractivity contribution in [1.82, 2.24) is 19.7 Å². The number of hydrogen-bond acceptors (Lipinski definition) is 4. The van der Waals surface area contributed by atoms with Crippen LogP contribution in [0.15, 0.2) is 29.1 Å². The van der Waals surface area contributed by atoms with Gasteiger partial charge in [-0.1, -0.05) is 0 Å². The number of aryl methyl sites for hydroxylation is 1. The highest BCUT2D eigenvalue weighted by atomic mass is 79.9. The fraction of sp³-hybridized carbons (Fsp3) is 0.300. The van der Waals surface area contributed by atoms with Crippen molar-refractivity contribution in [2.75, 3.05) is 0 Å². The van der Waals surface area contributed by atoms with Gasteiger partial charge in [0.25, 0.3) is 0 Å². The van der Waals surface area contributed by atoms with Crippen molar-refractivity contribution in [3.8, 4) is 0 Å². The van der Waals surface area contributed by atoms with Crippen LogP contribution < -0.4 is 5.73 Å². The third-order valence-electron chi connectivity index (χ3n) is 2.29. The first-order valence-electron chi connectivity index (χ1n) is 4.97. The third kappa shape index (κ3) is 1.98. The maximum atomic E-state index is 6.12. The van der Waals surface area contributed by atoms with Gasteiger partial charge in [0.2, 0.25) is 0 Å². The lowest BCUT2D eigenvalue weighted by atomic mass is 10.2. The summed E-state index contributed by atoms with van der Waals surface area (Å²) in [6, 6.07) is 1.40. The second-order valence-corrected chi connectivity index (χ2v) is 4.13. The molecule has 0 aliphatic heterocycles. The normalized spacial score (nSPS) is 12.7. The van der Waals surface area contributed by atoms with Gasteiger partial charge in [-0.05, 0) is 28.9 Å². The van der Waals surface area contributed by atoms with E-state index in [0.717, 1.165) is 16.7 Å². The molecule has 0 aromatic carbocycles. The van der Waals surface area contributed by atoms with E-state index in [4.69, 9.17) is 5.73 Å². The molecule has 5 nitrogen and oxygen atoms in total. The van der Waals surface area contributed by atoms with Crippen LogP contribution in [0.2, 0.25) is 0 Å². The Bertz CT molecular complexity index is 467. The summed E-state index contributed by atoms with van der Waals surface area (Å²) in [6.45, 7) is 2.78. The first kappa shape index (κ1) is 11.2. The number of rotatable bonds is 3. The molecule has 0 saturated carbocycles. The molecular weight excluding hydrogens is 270 g/mol. The molecule has 0 amide bonds. The van der Waals surface area contributed by atoms with E-state index in [0.29, 0.717) is 5.82 Å². The van der Waals surface area contributed by atoms with Crippen LogP contribution in [0.3, 0.4) is 0 Å². The van der Waals surface area contributed by atoms with Gasteiger partial charge in [-0.25, -0.2) is 9.97 Å². The van der Waals surface area contributed by atoms with Crippen LogP contribution >= 0.6 is 15.9 Å². The molecule has 2 aromatic rings. The van der Waals surface area contributed by atoms with Crippen molar-refractivity contribution in [3.63, 3.8) is 0 Å². The number of aromatic nitrogens is 4. The highest BCUT2D eigenvalue weighted by molar-refractivity contribution is 9.10. The number of nitrogens with zero attached hydrogens (tertiary/aromatic N) is 4. The van der Waals surface area contributed by atoms with Crippen LogP contribution in [0.4, 0.5) is 0 Å². The summed E-state index contributed by atoms with van der Waals surface area (Å²) >= 11 is 3.44. The minimum atomic E-state index is -0.363. The molecule has 0 aliphatic rings. The van der Waals surface area contributed by atoms with Gasteiger partial charge in [0.15, 0.2) is 5.82 Å². The molecule has 0 bridgehead atoms. The zero-order valence-corrected chi connectivity index (χ0v) is 10.4. The predicted molar refractivity (Wildman–Crippen MR) is 63.7 cm³/mol. The van der Waals surface area contributed by atoms with Gasteiger partial charge >= 0.3 is 0 Å². The van der Waals surface area contributed by atoms with E-state index in [1.54, 1.807) is 24.7 Å². The molecule has 6 heteroatoms. The molecule has 0 spiro atoms. The van der Waals surface area contributed by atoms with Gasteiger partial charge in [0, 0.05) is 18.9 Å². The van der Waals surface area contributed by atoms with Gasteiger partial charge in [0.05, 0.1) is 16.4 Å². The SMILES string of the molecule is CCn1ncc(Br)c1C(N)c1ncccn1. The van der Waals surface area contributed by atoms with Crippen LogP contribution in [0.1, 0.15) is 24.5 Å². The average Bonchev–Trinajstić information content (AvgIpc) is 2.70. The van der Waals surface area contributed by atoms with Gasteiger partial charge < -0.3 is 5.73 Å². The van der Waals surface area contributed by atoms with E-state index in [-0.39, 0.29) is 6.04 Å². The fourth-order valence-electron chi connectivity index (χ4n) is 1.53. The molecule has 16 heavy (non-hydrogen) atoms. The zero-order chi connectivity index (χ0) is 11.5. The topological polar surface area (TPSA) is 69.6 Å². The predicted octanol–water partition coefficient (Wildman–Crippen LogP) is 1.50. The van der Waals surface area contributed by atoms with Gasteiger partial charge in [0.1, 0.15) is 6.04 Å². The molecular formula is C10H12BrN5. The van der Waals surface area contributed by atoms with Gasteiger partial charge in [-0.3, -0.25) is 4.68 Å². The quantitative estimate of drug-likeness (QED) is 0.926. The standard InChI is InChI=1S/C10H12BrN5/c1-2-16-9(7(11)6-15-16)8(12)10-13-4-3-5-14-10/h3-6,8H,2,12H2,1H3. The van der Waals surface area contributed by atoms with Crippen molar-refractivity contribution >= 4 is 15.9 Å². The van der Waals surface area contributed by atoms with Crippen molar-refractivity contribution in [2.45, 2.75) is 19.5 Å². The van der Waals surface area contributed by atoms with E-state index in [9.17, 15) is 0 Å². The van der Waals surface area contributed by atoms with Crippen LogP contribution in [-0.4, -0.2) is 19.7 Å². The second kappa shape index (κ2) is 4.71. The minimum absolute atomic E-state index is 0.363. The molecule has 0 radical (unpaired) electrons. The van der Waals surface area contributed by atoms with E-state index >= 15 is 0 Å². The molecule has 1 unspecified atom stereocenters. The van der Waals surface area contributed by atoms with E-state index in [2.05, 4.69) is 31.0 Å². The second-order valence-electron chi connectivity index (χ2n) is 3.28. The zero-order valence-electron chi connectivity index (χ0n) is 8.84. The fourth-order valence-corrected chi connectivity index (χ4v) is 2.07. The highest BCUT2D eigenvalue weighted by Gasteiger charge is 2.19. The third-order valence-corrected chi connectivity index (χ3v) is 2.90. The summed E-state index contributed by atoms with van der Waals surface area (Å²) in [7, 11) is 0. The Balaban J connectivity index is 2.41. The molecule has 0 fully saturated rings. The molecule has 2 aromatic heterocycles. The minimum Gasteiger partial charge on any atom is -0.316 e. The molecule has 0 saturated heterocycles. The lowest BCUT2D eigenvalue weighted by Gasteiger charge is -2.12. The largest absolute Gasteiger partial charge is 0.316 e. The first-order valence-corrected chi connectivity index (χ1v) is 5.77. The Morgan fingerprint density at radius 1 is 1.44 bits per heavy atom. The summed E-state index contributed by atoms with van der Waals surface area (Å²) in [5, 5.41) is 4.22. The monoisotopic (exact) mass is 281 g/mol. The highest BCUT2D eigenvalue weighted by Crippen LogP contribution is 2.24. The smallest absolute Gasteiger partial charge is 0.151 e. The summed E-state index contributed by atoms with van der Waals surface area (Å²) in [4.78, 5) is 8.31. The van der Waals surface area contributed by atoms with Crippen LogP contribution in [0.5, 0.6) is 0 Å². The van der Waals surface area contributed by atoms with Crippen LogP contribution in [0, 0.1) is 0 Å². The Morgan fingerprint density at radius 2 is 2.12 bits per heavy atom. The Morgan fingerprint density at radius 3 is 2.75 bits per heavy atom. The Kier molecular flexibility index (Phi) is 3.31. The van der Waals surface area contributed by atoms with Crippen molar-refractivity contribution in [1.29, 1.82) is 0 Å². The molecule has 2 heterocycles. The van der Waals surface area contributed by atoms with Crippen molar-refractivity contribution in [2.24, 2.45) is 5.73 Å². The van der Waals surface area contributed by atoms with Crippen LogP contribution in [0.25, 0.3) is 0 Å². The maximum absolute atomic E-state index is 6.12. The van der Waals surface area contributed by atoms with Crippen molar-refractivity contribution < 1.29 is 0 Å². The average molecular weight is 282 g/mol. The lowest BCUT2D eigenvalue weighted by molar-refractivity contribution is 0.588. The van der Waals surface area contributed by atoms with Crippen LogP contribution in [-0.2, 0) is 6.54 Å². The Labute approximate surface area is 102 Å². The van der Waals surface area contributed by atoms with E-state index in [1.807, 2.05) is 11.6 Å². The molecule has 1 atom stereocenters. The molecule has 84 valence electrons. The van der Waals surface area contributed by atoms with E-state index < -0.39 is 0 Å². The number of halogens is 1. The summed E-state index contributed by atoms with van der Waals surface area (Å²) in [6.07, 6.45) is 5.10. The van der Waals surface area contributed by atoms with Crippen molar-refractivity contribution in [3.05, 3.63) is 40.6 Å². The number of nitrogens with two attached hydrogens (primary N) is 1. The Hall–Kier alpha value is -1.27. The molecule has 2 N–H and O–H groups in total. The molecule has 2 rings (SSSR count). The summed E-state index contributed by atoms with van der Waals surface area (Å²) in [5.74, 6) is 0.596. The van der Waals surface area contributed by atoms with Gasteiger partial charge in [-0.15, -0.1) is 0 Å². The number of hydrogen-bond donors (Lipinski definition) is 1. The molecule has 0 aliphatic carbocycles.